The summed E-state index contributed by atoms with van der Waals surface area (Å²) in [5.41, 5.74) is 7.14. The summed E-state index contributed by atoms with van der Waals surface area (Å²) in [6.45, 7) is 1.74. The van der Waals surface area contributed by atoms with Crippen LogP contribution in [0.2, 0.25) is 0 Å². The SMILES string of the molecule is NC1CCN(c2n[nH]c(C3Cc4ccccc4O3)n2)C1. The highest BCUT2D eigenvalue weighted by Crippen LogP contribution is 2.35. The third-order valence-corrected chi connectivity index (χ3v) is 3.95. The fraction of sp³-hybridized carbons (Fsp3) is 0.429. The molecule has 0 aliphatic carbocycles. The normalized spacial score (nSPS) is 24.8. The second kappa shape index (κ2) is 4.49. The summed E-state index contributed by atoms with van der Waals surface area (Å²) in [4.78, 5) is 6.69. The van der Waals surface area contributed by atoms with Crippen LogP contribution in [0.4, 0.5) is 5.95 Å². The van der Waals surface area contributed by atoms with Gasteiger partial charge in [0.2, 0.25) is 5.95 Å². The Kier molecular flexibility index (Phi) is 2.63. The van der Waals surface area contributed by atoms with Crippen LogP contribution >= 0.6 is 0 Å². The van der Waals surface area contributed by atoms with Crippen molar-refractivity contribution in [1.29, 1.82) is 0 Å². The van der Waals surface area contributed by atoms with Gasteiger partial charge >= 0.3 is 0 Å². The maximum atomic E-state index is 5.92. The van der Waals surface area contributed by atoms with E-state index in [0.29, 0.717) is 0 Å². The number of aromatic amines is 1. The van der Waals surface area contributed by atoms with Gasteiger partial charge in [-0.05, 0) is 18.1 Å². The van der Waals surface area contributed by atoms with Crippen LogP contribution in [0.25, 0.3) is 0 Å². The van der Waals surface area contributed by atoms with Gasteiger partial charge < -0.3 is 15.4 Å². The predicted molar refractivity (Wildman–Crippen MR) is 74.7 cm³/mol. The molecule has 2 unspecified atom stereocenters. The van der Waals surface area contributed by atoms with Crippen molar-refractivity contribution in [3.8, 4) is 5.75 Å². The van der Waals surface area contributed by atoms with Gasteiger partial charge in [-0.2, -0.15) is 4.98 Å². The van der Waals surface area contributed by atoms with Gasteiger partial charge in [-0.25, -0.2) is 0 Å². The molecule has 3 heterocycles. The standard InChI is InChI=1S/C14H17N5O/c15-10-5-6-19(8-10)14-16-13(17-18-14)12-7-9-3-1-2-4-11(9)20-12/h1-4,10,12H,5-8,15H2,(H,16,17,18). The molecule has 4 rings (SSSR count). The van der Waals surface area contributed by atoms with Gasteiger partial charge in [-0.15, -0.1) is 5.10 Å². The van der Waals surface area contributed by atoms with E-state index in [1.807, 2.05) is 18.2 Å². The lowest BCUT2D eigenvalue weighted by Gasteiger charge is -2.12. The average Bonchev–Trinajstić information content (AvgIpc) is 3.16. The van der Waals surface area contributed by atoms with Crippen molar-refractivity contribution in [3.05, 3.63) is 35.7 Å². The van der Waals surface area contributed by atoms with E-state index >= 15 is 0 Å². The van der Waals surface area contributed by atoms with Crippen molar-refractivity contribution >= 4 is 5.95 Å². The van der Waals surface area contributed by atoms with Crippen LogP contribution in [0.1, 0.15) is 23.9 Å². The number of para-hydroxylation sites is 1. The second-order valence-electron chi connectivity index (χ2n) is 5.43. The number of hydrogen-bond donors (Lipinski definition) is 2. The number of benzene rings is 1. The van der Waals surface area contributed by atoms with Crippen LogP contribution in [0, 0.1) is 0 Å². The van der Waals surface area contributed by atoms with Crippen LogP contribution in [-0.2, 0) is 6.42 Å². The zero-order valence-electron chi connectivity index (χ0n) is 11.1. The number of hydrogen-bond acceptors (Lipinski definition) is 5. The summed E-state index contributed by atoms with van der Waals surface area (Å²) in [5, 5.41) is 7.30. The topological polar surface area (TPSA) is 80.1 Å². The van der Waals surface area contributed by atoms with Gasteiger partial charge in [-0.3, -0.25) is 5.10 Å². The van der Waals surface area contributed by atoms with Crippen molar-refractivity contribution in [3.63, 3.8) is 0 Å². The van der Waals surface area contributed by atoms with Crippen molar-refractivity contribution in [2.45, 2.75) is 25.0 Å². The molecule has 6 heteroatoms. The molecule has 6 nitrogen and oxygen atoms in total. The number of nitrogens with zero attached hydrogens (tertiary/aromatic N) is 3. The lowest BCUT2D eigenvalue weighted by atomic mass is 10.1. The number of nitrogens with one attached hydrogen (secondary N) is 1. The summed E-state index contributed by atoms with van der Waals surface area (Å²) >= 11 is 0. The zero-order chi connectivity index (χ0) is 13.5. The Morgan fingerprint density at radius 1 is 1.35 bits per heavy atom. The molecule has 0 saturated carbocycles. The van der Waals surface area contributed by atoms with E-state index < -0.39 is 0 Å². The first kappa shape index (κ1) is 11.7. The summed E-state index contributed by atoms with van der Waals surface area (Å²) in [5.74, 6) is 2.46. The molecule has 20 heavy (non-hydrogen) atoms. The van der Waals surface area contributed by atoms with Crippen LogP contribution in [-0.4, -0.2) is 34.3 Å². The van der Waals surface area contributed by atoms with Gasteiger partial charge in [0.05, 0.1) is 0 Å². The largest absolute Gasteiger partial charge is 0.482 e. The molecule has 2 aromatic rings. The molecular weight excluding hydrogens is 254 g/mol. The molecule has 2 aliphatic rings. The van der Waals surface area contributed by atoms with Crippen LogP contribution in [0.5, 0.6) is 5.75 Å². The Morgan fingerprint density at radius 2 is 2.25 bits per heavy atom. The molecule has 1 aromatic carbocycles. The van der Waals surface area contributed by atoms with Crippen molar-refractivity contribution < 1.29 is 4.74 Å². The molecule has 104 valence electrons. The maximum Gasteiger partial charge on any atom is 0.244 e. The summed E-state index contributed by atoms with van der Waals surface area (Å²) < 4.78 is 5.91. The van der Waals surface area contributed by atoms with E-state index in [0.717, 1.165) is 43.5 Å². The smallest absolute Gasteiger partial charge is 0.244 e. The monoisotopic (exact) mass is 271 g/mol. The predicted octanol–water partition coefficient (Wildman–Crippen LogP) is 1.02. The van der Waals surface area contributed by atoms with E-state index in [-0.39, 0.29) is 12.1 Å². The molecule has 0 spiro atoms. The molecule has 0 radical (unpaired) electrons. The second-order valence-corrected chi connectivity index (χ2v) is 5.43. The number of ether oxygens (including phenoxy) is 1. The number of aromatic nitrogens is 3. The molecule has 2 aliphatic heterocycles. The molecule has 3 N–H and O–H groups in total. The Bertz CT molecular complexity index is 601. The minimum atomic E-state index is -0.0649. The minimum absolute atomic E-state index is 0.0649. The lowest BCUT2D eigenvalue weighted by molar-refractivity contribution is 0.228. The fourth-order valence-corrected chi connectivity index (χ4v) is 2.85. The average molecular weight is 271 g/mol. The highest BCUT2D eigenvalue weighted by molar-refractivity contribution is 5.39. The number of rotatable bonds is 2. The molecular formula is C14H17N5O. The van der Waals surface area contributed by atoms with E-state index in [2.05, 4.69) is 26.1 Å². The van der Waals surface area contributed by atoms with Gasteiger partial charge in [0.25, 0.3) is 0 Å². The number of anilines is 1. The highest BCUT2D eigenvalue weighted by atomic mass is 16.5. The molecule has 0 amide bonds. The Hall–Kier alpha value is -2.08. The van der Waals surface area contributed by atoms with Gasteiger partial charge in [-0.1, -0.05) is 18.2 Å². The minimum Gasteiger partial charge on any atom is -0.482 e. The highest BCUT2D eigenvalue weighted by Gasteiger charge is 2.28. The Morgan fingerprint density at radius 3 is 3.05 bits per heavy atom. The molecule has 2 atom stereocenters. The molecule has 1 aromatic heterocycles. The zero-order valence-corrected chi connectivity index (χ0v) is 11.1. The maximum absolute atomic E-state index is 5.92. The Balaban J connectivity index is 1.52. The molecule has 1 fully saturated rings. The number of H-pyrrole nitrogens is 1. The quantitative estimate of drug-likeness (QED) is 0.852. The number of nitrogens with two attached hydrogens (primary N) is 1. The molecule has 0 bridgehead atoms. The lowest BCUT2D eigenvalue weighted by Crippen LogP contribution is -2.27. The first-order valence-corrected chi connectivity index (χ1v) is 6.97. The van der Waals surface area contributed by atoms with Crippen molar-refractivity contribution in [1.82, 2.24) is 15.2 Å². The van der Waals surface area contributed by atoms with Gasteiger partial charge in [0.15, 0.2) is 11.9 Å². The third kappa shape index (κ3) is 1.92. The first-order valence-electron chi connectivity index (χ1n) is 6.97. The molecule has 1 saturated heterocycles. The third-order valence-electron chi connectivity index (χ3n) is 3.95. The van der Waals surface area contributed by atoms with Gasteiger partial charge in [0.1, 0.15) is 5.75 Å². The van der Waals surface area contributed by atoms with Crippen LogP contribution < -0.4 is 15.4 Å². The van der Waals surface area contributed by atoms with E-state index in [9.17, 15) is 0 Å². The van der Waals surface area contributed by atoms with Crippen molar-refractivity contribution in [2.24, 2.45) is 5.73 Å². The van der Waals surface area contributed by atoms with E-state index in [1.54, 1.807) is 0 Å². The first-order chi connectivity index (χ1) is 9.79. The fourth-order valence-electron chi connectivity index (χ4n) is 2.85. The van der Waals surface area contributed by atoms with Crippen LogP contribution in [0.3, 0.4) is 0 Å². The summed E-state index contributed by atoms with van der Waals surface area (Å²) in [6, 6.07) is 8.32. The summed E-state index contributed by atoms with van der Waals surface area (Å²) in [7, 11) is 0. The van der Waals surface area contributed by atoms with E-state index in [1.165, 1.54) is 5.56 Å². The van der Waals surface area contributed by atoms with Gasteiger partial charge in [0, 0.05) is 25.6 Å². The van der Waals surface area contributed by atoms with Crippen LogP contribution in [0.15, 0.2) is 24.3 Å². The van der Waals surface area contributed by atoms with E-state index in [4.69, 9.17) is 10.5 Å². The number of fused-ring (bicyclic) bond motifs is 1. The Labute approximate surface area is 116 Å². The van der Waals surface area contributed by atoms with Crippen molar-refractivity contribution in [2.75, 3.05) is 18.0 Å². The summed E-state index contributed by atoms with van der Waals surface area (Å²) in [6.07, 6.45) is 1.77.